The van der Waals surface area contributed by atoms with E-state index in [4.69, 9.17) is 33.5 Å². The van der Waals surface area contributed by atoms with Gasteiger partial charge in [-0.15, -0.1) is 0 Å². The zero-order chi connectivity index (χ0) is 14.4. The number of azide groups is 1. The van der Waals surface area contributed by atoms with E-state index in [1.165, 1.54) is 12.1 Å². The first-order chi connectivity index (χ1) is 9.02. The number of rotatable bonds is 5. The van der Waals surface area contributed by atoms with Gasteiger partial charge in [-0.3, -0.25) is 4.79 Å². The van der Waals surface area contributed by atoms with E-state index >= 15 is 0 Å². The van der Waals surface area contributed by atoms with Crippen molar-refractivity contribution < 1.29 is 14.6 Å². The van der Waals surface area contributed by atoms with Crippen molar-refractivity contribution >= 4 is 29.2 Å². The zero-order valence-electron chi connectivity index (χ0n) is 9.96. The molecular weight excluding hydrogens is 293 g/mol. The average Bonchev–Trinajstić information content (AvgIpc) is 2.35. The van der Waals surface area contributed by atoms with Gasteiger partial charge in [-0.25, -0.2) is 0 Å². The summed E-state index contributed by atoms with van der Waals surface area (Å²) >= 11 is 11.8. The van der Waals surface area contributed by atoms with Crippen LogP contribution < -0.4 is 0 Å². The predicted octanol–water partition coefficient (Wildman–Crippen LogP) is 3.27. The number of benzene rings is 1. The van der Waals surface area contributed by atoms with Crippen molar-refractivity contribution in [2.24, 2.45) is 5.11 Å². The average molecular weight is 304 g/mol. The normalized spacial score (nSPS) is 13.3. The van der Waals surface area contributed by atoms with Crippen LogP contribution in [0.3, 0.4) is 0 Å². The van der Waals surface area contributed by atoms with Crippen molar-refractivity contribution in [2.75, 3.05) is 6.61 Å². The summed E-state index contributed by atoms with van der Waals surface area (Å²) < 4.78 is 4.73. The molecule has 6 nitrogen and oxygen atoms in total. The van der Waals surface area contributed by atoms with Crippen molar-refractivity contribution in [2.45, 2.75) is 19.1 Å². The third kappa shape index (κ3) is 3.75. The van der Waals surface area contributed by atoms with E-state index in [1.807, 2.05) is 0 Å². The fourth-order valence-electron chi connectivity index (χ4n) is 1.47. The minimum Gasteiger partial charge on any atom is -0.466 e. The summed E-state index contributed by atoms with van der Waals surface area (Å²) in [6, 6.07) is 3.16. The Balaban J connectivity index is 3.16. The highest BCUT2D eigenvalue weighted by Gasteiger charge is 2.31. The highest BCUT2D eigenvalue weighted by atomic mass is 35.5. The van der Waals surface area contributed by atoms with Gasteiger partial charge in [-0.2, -0.15) is 0 Å². The summed E-state index contributed by atoms with van der Waals surface area (Å²) in [4.78, 5) is 14.2. The number of ether oxygens (including phenoxy) is 1. The van der Waals surface area contributed by atoms with E-state index in [1.54, 1.807) is 13.0 Å². The lowest BCUT2D eigenvalue weighted by atomic mass is 10.0. The molecule has 0 heterocycles. The molecule has 0 bridgehead atoms. The number of halogens is 2. The molecule has 0 unspecified atom stereocenters. The van der Waals surface area contributed by atoms with Gasteiger partial charge in [0, 0.05) is 20.5 Å². The fraction of sp³-hybridized carbons (Fsp3) is 0.364. The minimum absolute atomic E-state index is 0.0965. The molecule has 102 valence electrons. The van der Waals surface area contributed by atoms with Crippen LogP contribution in [-0.4, -0.2) is 23.7 Å². The largest absolute Gasteiger partial charge is 0.466 e. The molecule has 1 rings (SSSR count). The van der Waals surface area contributed by atoms with Crippen molar-refractivity contribution in [1.82, 2.24) is 0 Å². The second-order valence-electron chi connectivity index (χ2n) is 3.48. The molecule has 2 atom stereocenters. The van der Waals surface area contributed by atoms with E-state index in [9.17, 15) is 9.90 Å². The number of hydrogen-bond acceptors (Lipinski definition) is 4. The number of nitrogens with zero attached hydrogens (tertiary/aromatic N) is 3. The molecular formula is C11H11Cl2N3O3. The summed E-state index contributed by atoms with van der Waals surface area (Å²) in [5.74, 6) is -0.844. The van der Waals surface area contributed by atoms with Crippen LogP contribution in [0.4, 0.5) is 0 Å². The topological polar surface area (TPSA) is 95.3 Å². The summed E-state index contributed by atoms with van der Waals surface area (Å²) in [7, 11) is 0. The second-order valence-corrected chi connectivity index (χ2v) is 4.30. The molecule has 8 heteroatoms. The molecule has 0 radical (unpaired) electrons. The maximum Gasteiger partial charge on any atom is 0.317 e. The van der Waals surface area contributed by atoms with Crippen LogP contribution in [-0.2, 0) is 9.53 Å². The first kappa shape index (κ1) is 15.6. The highest BCUT2D eigenvalue weighted by Crippen LogP contribution is 2.33. The van der Waals surface area contributed by atoms with Crippen molar-refractivity contribution in [3.63, 3.8) is 0 Å². The third-order valence-corrected chi connectivity index (χ3v) is 2.96. The molecule has 1 N–H and O–H groups in total. The van der Waals surface area contributed by atoms with Crippen LogP contribution in [0.25, 0.3) is 10.4 Å². The van der Waals surface area contributed by atoms with Gasteiger partial charge in [0.15, 0.2) is 6.04 Å². The number of aliphatic hydroxyl groups is 1. The number of carbonyl (C=O) groups is 1. The van der Waals surface area contributed by atoms with Crippen LogP contribution in [0.1, 0.15) is 18.6 Å². The molecule has 0 saturated carbocycles. The Labute approximate surface area is 119 Å². The fourth-order valence-corrected chi connectivity index (χ4v) is 2.09. The monoisotopic (exact) mass is 303 g/mol. The Morgan fingerprint density at radius 1 is 1.53 bits per heavy atom. The first-order valence-corrected chi connectivity index (χ1v) is 6.11. The maximum absolute atomic E-state index is 11.6. The van der Waals surface area contributed by atoms with Gasteiger partial charge in [0.25, 0.3) is 0 Å². The molecule has 0 saturated heterocycles. The number of esters is 1. The lowest BCUT2D eigenvalue weighted by Gasteiger charge is -2.19. The van der Waals surface area contributed by atoms with Gasteiger partial charge in [0.05, 0.1) is 6.61 Å². The maximum atomic E-state index is 11.6. The second kappa shape index (κ2) is 7.21. The van der Waals surface area contributed by atoms with Crippen molar-refractivity contribution in [1.29, 1.82) is 0 Å². The highest BCUT2D eigenvalue weighted by molar-refractivity contribution is 6.36. The Morgan fingerprint density at radius 3 is 2.58 bits per heavy atom. The Morgan fingerprint density at radius 2 is 2.11 bits per heavy atom. The quantitative estimate of drug-likeness (QED) is 0.391. The first-order valence-electron chi connectivity index (χ1n) is 5.35. The Bertz CT molecular complexity index is 498. The molecule has 0 aliphatic rings. The van der Waals surface area contributed by atoms with E-state index in [-0.39, 0.29) is 22.2 Å². The number of aliphatic hydroxyl groups excluding tert-OH is 1. The van der Waals surface area contributed by atoms with Crippen LogP contribution in [0.15, 0.2) is 23.3 Å². The van der Waals surface area contributed by atoms with Crippen molar-refractivity contribution in [3.05, 3.63) is 44.3 Å². The molecule has 0 aliphatic heterocycles. The summed E-state index contributed by atoms with van der Waals surface area (Å²) in [6.45, 7) is 1.69. The number of hydrogen-bond donors (Lipinski definition) is 1. The van der Waals surface area contributed by atoms with Crippen LogP contribution in [0.5, 0.6) is 0 Å². The Kier molecular flexibility index (Phi) is 5.92. The smallest absolute Gasteiger partial charge is 0.317 e. The molecule has 0 aromatic heterocycles. The third-order valence-electron chi connectivity index (χ3n) is 2.30. The van der Waals surface area contributed by atoms with Gasteiger partial charge in [-0.05, 0) is 24.6 Å². The predicted molar refractivity (Wildman–Crippen MR) is 71.0 cm³/mol. The van der Waals surface area contributed by atoms with Gasteiger partial charge in [-0.1, -0.05) is 34.4 Å². The molecule has 1 aromatic carbocycles. The number of carbonyl (C=O) groups excluding carboxylic acids is 1. The minimum atomic E-state index is -1.48. The van der Waals surface area contributed by atoms with Crippen LogP contribution >= 0.6 is 23.2 Å². The molecule has 0 fully saturated rings. The lowest BCUT2D eigenvalue weighted by Crippen LogP contribution is -2.28. The van der Waals surface area contributed by atoms with Gasteiger partial charge < -0.3 is 9.84 Å². The van der Waals surface area contributed by atoms with E-state index in [0.29, 0.717) is 0 Å². The Hall–Kier alpha value is -1.46. The zero-order valence-corrected chi connectivity index (χ0v) is 11.5. The van der Waals surface area contributed by atoms with E-state index in [2.05, 4.69) is 10.0 Å². The van der Waals surface area contributed by atoms with Gasteiger partial charge >= 0.3 is 5.97 Å². The molecule has 0 spiro atoms. The van der Waals surface area contributed by atoms with Gasteiger partial charge in [0.2, 0.25) is 0 Å². The SMILES string of the molecule is CCOC(=O)[C@H](N=[N+]=[N-])[C@@H](O)c1c(Cl)cccc1Cl. The standard InChI is InChI=1S/C11H11Cl2N3O3/c1-2-19-11(18)9(15-16-14)10(17)8-6(12)4-3-5-7(8)13/h3-5,9-10,17H,2H2,1H3/t9-,10+/m1/s1. The summed E-state index contributed by atoms with van der Waals surface area (Å²) in [5.41, 5.74) is 8.58. The molecule has 1 aromatic rings. The van der Waals surface area contributed by atoms with Crippen LogP contribution in [0.2, 0.25) is 10.0 Å². The van der Waals surface area contributed by atoms with Crippen molar-refractivity contribution in [3.8, 4) is 0 Å². The van der Waals surface area contributed by atoms with E-state index in [0.717, 1.165) is 0 Å². The van der Waals surface area contributed by atoms with Crippen LogP contribution in [0, 0.1) is 0 Å². The lowest BCUT2D eigenvalue weighted by molar-refractivity contribution is -0.147. The molecule has 19 heavy (non-hydrogen) atoms. The van der Waals surface area contributed by atoms with E-state index < -0.39 is 18.1 Å². The summed E-state index contributed by atoms with van der Waals surface area (Å²) in [6.07, 6.45) is -1.48. The molecule has 0 amide bonds. The summed E-state index contributed by atoms with van der Waals surface area (Å²) in [5, 5.41) is 13.7. The van der Waals surface area contributed by atoms with Gasteiger partial charge in [0.1, 0.15) is 6.10 Å². The molecule has 0 aliphatic carbocycles.